The van der Waals surface area contributed by atoms with Crippen LogP contribution >= 0.6 is 0 Å². The van der Waals surface area contributed by atoms with Gasteiger partial charge in [0.1, 0.15) is 11.8 Å². The second-order valence-corrected chi connectivity index (χ2v) is 6.56. The molecular weight excluding hydrogens is 328 g/mol. The van der Waals surface area contributed by atoms with Gasteiger partial charge in [0, 0.05) is 24.3 Å². The van der Waals surface area contributed by atoms with Crippen LogP contribution in [0.15, 0.2) is 48.5 Å². The van der Waals surface area contributed by atoms with Crippen molar-refractivity contribution in [1.29, 1.82) is 0 Å². The van der Waals surface area contributed by atoms with Crippen LogP contribution in [-0.4, -0.2) is 36.1 Å². The minimum atomic E-state index is -0.450. The summed E-state index contributed by atoms with van der Waals surface area (Å²) < 4.78 is 5.26. The van der Waals surface area contributed by atoms with E-state index in [2.05, 4.69) is 5.32 Å². The fourth-order valence-electron chi connectivity index (χ4n) is 3.39. The number of piperidine rings is 1. The van der Waals surface area contributed by atoms with Gasteiger partial charge in [0.2, 0.25) is 5.91 Å². The van der Waals surface area contributed by atoms with Crippen molar-refractivity contribution < 1.29 is 14.6 Å². The molecule has 0 unspecified atom stereocenters. The van der Waals surface area contributed by atoms with Crippen molar-refractivity contribution in [1.82, 2.24) is 4.90 Å². The topological polar surface area (TPSA) is 61.8 Å². The zero-order chi connectivity index (χ0) is 18.4. The largest absolute Gasteiger partial charge is 0.496 e. The lowest BCUT2D eigenvalue weighted by molar-refractivity contribution is -0.133. The number of anilines is 1. The van der Waals surface area contributed by atoms with Crippen molar-refractivity contribution in [2.24, 2.45) is 0 Å². The van der Waals surface area contributed by atoms with Crippen LogP contribution in [0.5, 0.6) is 5.75 Å². The van der Waals surface area contributed by atoms with Gasteiger partial charge in [-0.15, -0.1) is 0 Å². The van der Waals surface area contributed by atoms with Gasteiger partial charge in [-0.05, 0) is 43.0 Å². The Kier molecular flexibility index (Phi) is 6.12. The van der Waals surface area contributed by atoms with Crippen LogP contribution in [0.3, 0.4) is 0 Å². The Labute approximate surface area is 154 Å². The zero-order valence-corrected chi connectivity index (χ0v) is 15.1. The van der Waals surface area contributed by atoms with E-state index >= 15 is 0 Å². The quantitative estimate of drug-likeness (QED) is 0.835. The molecule has 1 heterocycles. The maximum atomic E-state index is 13.2. The summed E-state index contributed by atoms with van der Waals surface area (Å²) in [6.07, 6.45) is 3.31. The van der Waals surface area contributed by atoms with Crippen LogP contribution in [0.4, 0.5) is 5.69 Å². The fraction of sp³-hybridized carbons (Fsp3) is 0.381. The predicted octanol–water partition coefficient (Wildman–Crippen LogP) is 3.35. The van der Waals surface area contributed by atoms with Gasteiger partial charge < -0.3 is 20.1 Å². The third kappa shape index (κ3) is 4.17. The molecule has 5 heteroatoms. The van der Waals surface area contributed by atoms with E-state index in [4.69, 9.17) is 4.74 Å². The van der Waals surface area contributed by atoms with Crippen LogP contribution in [0, 0.1) is 0 Å². The van der Waals surface area contributed by atoms with Gasteiger partial charge in [-0.3, -0.25) is 4.79 Å². The zero-order valence-electron chi connectivity index (χ0n) is 15.1. The van der Waals surface area contributed by atoms with Gasteiger partial charge in [0.25, 0.3) is 0 Å². The molecule has 26 heavy (non-hydrogen) atoms. The van der Waals surface area contributed by atoms with E-state index < -0.39 is 6.04 Å². The molecule has 1 aliphatic rings. The summed E-state index contributed by atoms with van der Waals surface area (Å²) in [7, 11) is 1.58. The molecule has 2 N–H and O–H groups in total. The van der Waals surface area contributed by atoms with Crippen molar-refractivity contribution in [2.75, 3.05) is 25.5 Å². The normalized spacial score (nSPS) is 15.4. The highest BCUT2D eigenvalue weighted by atomic mass is 16.5. The highest BCUT2D eigenvalue weighted by Gasteiger charge is 2.27. The average Bonchev–Trinajstić information content (AvgIpc) is 2.72. The van der Waals surface area contributed by atoms with E-state index in [1.54, 1.807) is 13.2 Å². The number of nitrogens with zero attached hydrogens (tertiary/aromatic N) is 1. The molecule has 5 nitrogen and oxygen atoms in total. The summed E-state index contributed by atoms with van der Waals surface area (Å²) in [5.41, 5.74) is 2.41. The summed E-state index contributed by atoms with van der Waals surface area (Å²) in [4.78, 5) is 15.1. The number of benzene rings is 2. The van der Waals surface area contributed by atoms with Crippen LogP contribution in [0.25, 0.3) is 0 Å². The van der Waals surface area contributed by atoms with Crippen LogP contribution in [0.1, 0.15) is 36.4 Å². The van der Waals surface area contributed by atoms with Gasteiger partial charge in [0.15, 0.2) is 0 Å². The molecule has 1 amide bonds. The molecule has 1 saturated heterocycles. The van der Waals surface area contributed by atoms with Gasteiger partial charge >= 0.3 is 0 Å². The first-order valence-corrected chi connectivity index (χ1v) is 9.11. The van der Waals surface area contributed by atoms with Gasteiger partial charge in [0.05, 0.1) is 13.7 Å². The number of ether oxygens (including phenoxy) is 1. The Balaban J connectivity index is 1.87. The first-order valence-electron chi connectivity index (χ1n) is 9.11. The number of hydrogen-bond acceptors (Lipinski definition) is 4. The van der Waals surface area contributed by atoms with Gasteiger partial charge in [-0.1, -0.05) is 30.3 Å². The maximum Gasteiger partial charge on any atom is 0.249 e. The summed E-state index contributed by atoms with van der Waals surface area (Å²) in [6.45, 7) is 1.51. The third-order valence-electron chi connectivity index (χ3n) is 4.81. The lowest BCUT2D eigenvalue weighted by Crippen LogP contribution is -2.41. The molecule has 1 atom stereocenters. The Bertz CT molecular complexity index is 727. The lowest BCUT2D eigenvalue weighted by Gasteiger charge is -2.31. The number of rotatable bonds is 6. The molecule has 0 aliphatic carbocycles. The molecule has 0 bridgehead atoms. The first kappa shape index (κ1) is 18.3. The van der Waals surface area contributed by atoms with E-state index in [1.165, 1.54) is 6.42 Å². The Morgan fingerprint density at radius 3 is 2.54 bits per heavy atom. The highest BCUT2D eigenvalue weighted by molar-refractivity contribution is 5.86. The van der Waals surface area contributed by atoms with E-state index in [0.717, 1.165) is 37.2 Å². The van der Waals surface area contributed by atoms with E-state index in [9.17, 15) is 9.90 Å². The van der Waals surface area contributed by atoms with Crippen molar-refractivity contribution in [2.45, 2.75) is 31.9 Å². The number of aliphatic hydroxyl groups is 1. The summed E-state index contributed by atoms with van der Waals surface area (Å²) in [5, 5.41) is 12.9. The molecule has 3 rings (SSSR count). The third-order valence-corrected chi connectivity index (χ3v) is 4.81. The second kappa shape index (κ2) is 8.72. The number of hydrogen-bond donors (Lipinski definition) is 2. The number of amides is 1. The van der Waals surface area contributed by atoms with Gasteiger partial charge in [-0.25, -0.2) is 0 Å². The monoisotopic (exact) mass is 354 g/mol. The molecule has 138 valence electrons. The molecule has 0 saturated carbocycles. The van der Waals surface area contributed by atoms with Crippen LogP contribution in [0.2, 0.25) is 0 Å². The minimum Gasteiger partial charge on any atom is -0.496 e. The van der Waals surface area contributed by atoms with E-state index in [-0.39, 0.29) is 12.5 Å². The van der Waals surface area contributed by atoms with Crippen molar-refractivity contribution in [3.63, 3.8) is 0 Å². The summed E-state index contributed by atoms with van der Waals surface area (Å²) in [6, 6.07) is 14.8. The number of aliphatic hydroxyl groups excluding tert-OH is 1. The van der Waals surface area contributed by atoms with Gasteiger partial charge in [-0.2, -0.15) is 0 Å². The molecular formula is C21H26N2O3. The SMILES string of the molecule is COc1ccc(N[C@@H](C(=O)N2CCCCC2)c2ccccc2)cc1CO. The average molecular weight is 354 g/mol. The number of carbonyl (C=O) groups is 1. The second-order valence-electron chi connectivity index (χ2n) is 6.56. The molecule has 0 spiro atoms. The molecule has 0 aromatic heterocycles. The summed E-state index contributed by atoms with van der Waals surface area (Å²) in [5.74, 6) is 0.730. The van der Waals surface area contributed by atoms with Crippen molar-refractivity contribution >= 4 is 11.6 Å². The maximum absolute atomic E-state index is 13.2. The van der Waals surface area contributed by atoms with E-state index in [1.807, 2.05) is 47.4 Å². The minimum absolute atomic E-state index is 0.0947. The number of likely N-dealkylation sites (tertiary alicyclic amines) is 1. The Hall–Kier alpha value is -2.53. The van der Waals surface area contributed by atoms with Crippen LogP contribution in [-0.2, 0) is 11.4 Å². The number of methoxy groups -OCH3 is 1. The molecule has 1 aliphatic heterocycles. The Morgan fingerprint density at radius 1 is 1.15 bits per heavy atom. The molecule has 2 aromatic rings. The van der Waals surface area contributed by atoms with E-state index in [0.29, 0.717) is 11.3 Å². The van der Waals surface area contributed by atoms with Crippen molar-refractivity contribution in [3.8, 4) is 5.75 Å². The number of carbonyl (C=O) groups excluding carboxylic acids is 1. The Morgan fingerprint density at radius 2 is 1.88 bits per heavy atom. The molecule has 0 radical (unpaired) electrons. The first-order chi connectivity index (χ1) is 12.7. The number of nitrogens with one attached hydrogen (secondary N) is 1. The predicted molar refractivity (Wildman–Crippen MR) is 102 cm³/mol. The molecule has 2 aromatic carbocycles. The fourth-order valence-corrected chi connectivity index (χ4v) is 3.39. The van der Waals surface area contributed by atoms with Crippen molar-refractivity contribution in [3.05, 3.63) is 59.7 Å². The standard InChI is InChI=1S/C21H26N2O3/c1-26-19-11-10-18(14-17(19)15-24)22-20(16-8-4-2-5-9-16)21(25)23-12-6-3-7-13-23/h2,4-5,8-11,14,20,22,24H,3,6-7,12-13,15H2,1H3/t20-/m1/s1. The summed E-state index contributed by atoms with van der Waals surface area (Å²) >= 11 is 0. The highest BCUT2D eigenvalue weighted by Crippen LogP contribution is 2.27. The smallest absolute Gasteiger partial charge is 0.249 e. The molecule has 1 fully saturated rings. The van der Waals surface area contributed by atoms with Crippen LogP contribution < -0.4 is 10.1 Å². The lowest BCUT2D eigenvalue weighted by atomic mass is 10.0.